The number of halogens is 1. The number of anilines is 2. The predicted octanol–water partition coefficient (Wildman–Crippen LogP) is 2.91. The van der Waals surface area contributed by atoms with Crippen LogP contribution < -0.4 is 10.2 Å². The minimum atomic E-state index is -0.945. The molecule has 2 aliphatic rings. The molecule has 0 saturated carbocycles. The van der Waals surface area contributed by atoms with E-state index in [1.165, 1.54) is 0 Å². The standard InChI is InChI=1S/C21H20BrN3O4/c1-13(25-20(27)15-4-2-3-5-16(15)21(25)28)19(26)23-17-12-14(22)6-7-18(17)24-8-10-29-11-9-24/h2-7,12-13H,8-11H2,1H3,(H,23,26). The quantitative estimate of drug-likeness (QED) is 0.713. The number of nitrogens with zero attached hydrogens (tertiary/aromatic N) is 2. The second-order valence-electron chi connectivity index (χ2n) is 6.95. The van der Waals surface area contributed by atoms with E-state index in [0.717, 1.165) is 28.1 Å². The molecule has 1 unspecified atom stereocenters. The van der Waals surface area contributed by atoms with Gasteiger partial charge in [0, 0.05) is 17.6 Å². The van der Waals surface area contributed by atoms with E-state index in [1.807, 2.05) is 18.2 Å². The second kappa shape index (κ2) is 7.96. The summed E-state index contributed by atoms with van der Waals surface area (Å²) in [5.74, 6) is -1.32. The van der Waals surface area contributed by atoms with Gasteiger partial charge in [-0.2, -0.15) is 0 Å². The van der Waals surface area contributed by atoms with Crippen LogP contribution in [0.3, 0.4) is 0 Å². The molecular formula is C21H20BrN3O4. The van der Waals surface area contributed by atoms with Gasteiger partial charge in [0.2, 0.25) is 5.91 Å². The molecule has 29 heavy (non-hydrogen) atoms. The van der Waals surface area contributed by atoms with Gasteiger partial charge in [-0.1, -0.05) is 28.1 Å². The van der Waals surface area contributed by atoms with Crippen molar-refractivity contribution in [3.05, 3.63) is 58.1 Å². The number of fused-ring (bicyclic) bond motifs is 1. The van der Waals surface area contributed by atoms with Crippen LogP contribution in [0.1, 0.15) is 27.6 Å². The third-order valence-electron chi connectivity index (χ3n) is 5.16. The first kappa shape index (κ1) is 19.6. The first-order valence-electron chi connectivity index (χ1n) is 9.37. The number of amides is 3. The van der Waals surface area contributed by atoms with Gasteiger partial charge >= 0.3 is 0 Å². The molecule has 1 saturated heterocycles. The van der Waals surface area contributed by atoms with Crippen LogP contribution in [0, 0.1) is 0 Å². The van der Waals surface area contributed by atoms with Crippen LogP contribution >= 0.6 is 15.9 Å². The maximum Gasteiger partial charge on any atom is 0.262 e. The van der Waals surface area contributed by atoms with Gasteiger partial charge in [-0.3, -0.25) is 19.3 Å². The van der Waals surface area contributed by atoms with Gasteiger partial charge in [-0.15, -0.1) is 0 Å². The van der Waals surface area contributed by atoms with E-state index in [1.54, 1.807) is 31.2 Å². The van der Waals surface area contributed by atoms with Crippen molar-refractivity contribution < 1.29 is 19.1 Å². The number of nitrogens with one attached hydrogen (secondary N) is 1. The molecule has 0 spiro atoms. The summed E-state index contributed by atoms with van der Waals surface area (Å²) in [6, 6.07) is 11.3. The Labute approximate surface area is 176 Å². The number of hydrogen-bond acceptors (Lipinski definition) is 5. The van der Waals surface area contributed by atoms with Gasteiger partial charge in [-0.05, 0) is 37.3 Å². The molecule has 1 atom stereocenters. The second-order valence-corrected chi connectivity index (χ2v) is 7.87. The summed E-state index contributed by atoms with van der Waals surface area (Å²) in [6.07, 6.45) is 0. The van der Waals surface area contributed by atoms with Gasteiger partial charge in [0.25, 0.3) is 11.8 Å². The number of morpholine rings is 1. The molecule has 0 aliphatic carbocycles. The lowest BCUT2D eigenvalue weighted by atomic mass is 10.1. The lowest BCUT2D eigenvalue weighted by Crippen LogP contribution is -2.45. The van der Waals surface area contributed by atoms with Crippen LogP contribution in [0.2, 0.25) is 0 Å². The fraction of sp³-hybridized carbons (Fsp3) is 0.286. The van der Waals surface area contributed by atoms with E-state index < -0.39 is 23.8 Å². The summed E-state index contributed by atoms with van der Waals surface area (Å²) in [6.45, 7) is 4.24. The Morgan fingerprint density at radius 1 is 1.07 bits per heavy atom. The zero-order valence-corrected chi connectivity index (χ0v) is 17.4. The van der Waals surface area contributed by atoms with Gasteiger partial charge in [0.05, 0.1) is 35.7 Å². The molecule has 0 aromatic heterocycles. The molecule has 2 heterocycles. The Morgan fingerprint density at radius 2 is 1.69 bits per heavy atom. The summed E-state index contributed by atoms with van der Waals surface area (Å²) < 4.78 is 6.22. The summed E-state index contributed by atoms with van der Waals surface area (Å²) in [4.78, 5) is 41.5. The smallest absolute Gasteiger partial charge is 0.262 e. The lowest BCUT2D eigenvalue weighted by molar-refractivity contribution is -0.119. The number of ether oxygens (including phenoxy) is 1. The van der Waals surface area contributed by atoms with Crippen molar-refractivity contribution in [2.24, 2.45) is 0 Å². The number of carbonyl (C=O) groups excluding carboxylic acids is 3. The fourth-order valence-electron chi connectivity index (χ4n) is 3.60. The van der Waals surface area contributed by atoms with Crippen LogP contribution in [0.4, 0.5) is 11.4 Å². The molecule has 1 fully saturated rings. The van der Waals surface area contributed by atoms with E-state index in [-0.39, 0.29) is 0 Å². The van der Waals surface area contributed by atoms with Gasteiger partial charge in [0.1, 0.15) is 6.04 Å². The highest BCUT2D eigenvalue weighted by Crippen LogP contribution is 2.31. The minimum Gasteiger partial charge on any atom is -0.378 e. The molecular weight excluding hydrogens is 438 g/mol. The number of rotatable bonds is 4. The van der Waals surface area contributed by atoms with Crippen molar-refractivity contribution in [3.63, 3.8) is 0 Å². The monoisotopic (exact) mass is 457 g/mol. The number of carbonyl (C=O) groups is 3. The Morgan fingerprint density at radius 3 is 2.31 bits per heavy atom. The molecule has 2 aromatic carbocycles. The van der Waals surface area contributed by atoms with E-state index in [4.69, 9.17) is 4.74 Å². The molecule has 8 heteroatoms. The van der Waals surface area contributed by atoms with E-state index >= 15 is 0 Å². The Kier molecular flexibility index (Phi) is 5.38. The molecule has 0 bridgehead atoms. The number of hydrogen-bond donors (Lipinski definition) is 1. The molecule has 7 nitrogen and oxygen atoms in total. The van der Waals surface area contributed by atoms with Gasteiger partial charge < -0.3 is 15.0 Å². The zero-order chi connectivity index (χ0) is 20.5. The fourth-order valence-corrected chi connectivity index (χ4v) is 3.96. The normalized spacial score (nSPS) is 17.3. The SMILES string of the molecule is CC(C(=O)Nc1cc(Br)ccc1N1CCOCC1)N1C(=O)c2ccccc2C1=O. The van der Waals surface area contributed by atoms with Crippen molar-refractivity contribution in [1.82, 2.24) is 4.90 Å². The molecule has 0 radical (unpaired) electrons. The third-order valence-corrected chi connectivity index (χ3v) is 5.65. The van der Waals surface area contributed by atoms with Crippen LogP contribution in [-0.2, 0) is 9.53 Å². The van der Waals surface area contributed by atoms with E-state index in [9.17, 15) is 14.4 Å². The van der Waals surface area contributed by atoms with Gasteiger partial charge in [0.15, 0.2) is 0 Å². The lowest BCUT2D eigenvalue weighted by Gasteiger charge is -2.31. The van der Waals surface area contributed by atoms with Crippen molar-refractivity contribution in [1.29, 1.82) is 0 Å². The highest BCUT2D eigenvalue weighted by atomic mass is 79.9. The number of benzene rings is 2. The van der Waals surface area contributed by atoms with Crippen molar-refractivity contribution in [3.8, 4) is 0 Å². The van der Waals surface area contributed by atoms with Crippen LogP contribution in [0.25, 0.3) is 0 Å². The zero-order valence-electron chi connectivity index (χ0n) is 15.9. The Balaban J connectivity index is 1.56. The van der Waals surface area contributed by atoms with Crippen LogP contribution in [0.15, 0.2) is 46.9 Å². The first-order chi connectivity index (χ1) is 14.0. The summed E-state index contributed by atoms with van der Waals surface area (Å²) in [5.41, 5.74) is 2.15. The molecule has 3 amide bonds. The number of imide groups is 1. The molecule has 1 N–H and O–H groups in total. The summed E-state index contributed by atoms with van der Waals surface area (Å²) in [7, 11) is 0. The highest BCUT2D eigenvalue weighted by Gasteiger charge is 2.40. The molecule has 150 valence electrons. The maximum absolute atomic E-state index is 13.0. The largest absolute Gasteiger partial charge is 0.378 e. The van der Waals surface area contributed by atoms with Crippen LogP contribution in [0.5, 0.6) is 0 Å². The predicted molar refractivity (Wildman–Crippen MR) is 112 cm³/mol. The Hall–Kier alpha value is -2.71. The Bertz CT molecular complexity index is 953. The van der Waals surface area contributed by atoms with Crippen molar-refractivity contribution in [2.75, 3.05) is 36.5 Å². The van der Waals surface area contributed by atoms with Crippen LogP contribution in [-0.4, -0.2) is 55.0 Å². The topological polar surface area (TPSA) is 79.0 Å². The molecule has 4 rings (SSSR count). The average Bonchev–Trinajstić information content (AvgIpc) is 2.99. The highest BCUT2D eigenvalue weighted by molar-refractivity contribution is 9.10. The van der Waals surface area contributed by atoms with Gasteiger partial charge in [-0.25, -0.2) is 0 Å². The first-order valence-corrected chi connectivity index (χ1v) is 10.2. The maximum atomic E-state index is 13.0. The van der Waals surface area contributed by atoms with Crippen molar-refractivity contribution in [2.45, 2.75) is 13.0 Å². The summed E-state index contributed by atoms with van der Waals surface area (Å²) in [5, 5.41) is 2.90. The summed E-state index contributed by atoms with van der Waals surface area (Å²) >= 11 is 3.44. The van der Waals surface area contributed by atoms with E-state index in [2.05, 4.69) is 26.1 Å². The third kappa shape index (κ3) is 3.65. The molecule has 2 aliphatic heterocycles. The van der Waals surface area contributed by atoms with E-state index in [0.29, 0.717) is 30.0 Å². The van der Waals surface area contributed by atoms with Crippen molar-refractivity contribution >= 4 is 45.0 Å². The minimum absolute atomic E-state index is 0.327. The average molecular weight is 458 g/mol. The molecule has 2 aromatic rings.